The SMILES string of the molecule is O=C1S/C(=C/c2ccccc2)C(=O)N1Cc1ccc(F)cc1Cl. The molecular weight excluding hydrogens is 337 g/mol. The highest BCUT2D eigenvalue weighted by atomic mass is 35.5. The Morgan fingerprint density at radius 1 is 1.13 bits per heavy atom. The van der Waals surface area contributed by atoms with E-state index in [1.807, 2.05) is 30.3 Å². The van der Waals surface area contributed by atoms with E-state index in [1.165, 1.54) is 12.1 Å². The van der Waals surface area contributed by atoms with Gasteiger partial charge in [0.15, 0.2) is 0 Å². The number of rotatable bonds is 3. The summed E-state index contributed by atoms with van der Waals surface area (Å²) in [6.07, 6.45) is 1.68. The van der Waals surface area contributed by atoms with E-state index in [1.54, 1.807) is 6.08 Å². The van der Waals surface area contributed by atoms with E-state index in [-0.39, 0.29) is 22.7 Å². The van der Waals surface area contributed by atoms with Crippen LogP contribution in [0.5, 0.6) is 0 Å². The van der Waals surface area contributed by atoms with E-state index in [0.717, 1.165) is 28.3 Å². The third-order valence-electron chi connectivity index (χ3n) is 3.31. The number of thioether (sulfide) groups is 1. The zero-order valence-corrected chi connectivity index (χ0v) is 13.4. The molecule has 0 N–H and O–H groups in total. The summed E-state index contributed by atoms with van der Waals surface area (Å²) >= 11 is 6.85. The van der Waals surface area contributed by atoms with Gasteiger partial charge in [-0.1, -0.05) is 48.0 Å². The normalized spacial score (nSPS) is 16.4. The van der Waals surface area contributed by atoms with E-state index in [2.05, 4.69) is 0 Å². The Labute approximate surface area is 141 Å². The molecule has 0 saturated carbocycles. The molecule has 1 fully saturated rings. The van der Waals surface area contributed by atoms with Crippen LogP contribution < -0.4 is 0 Å². The molecule has 0 bridgehead atoms. The lowest BCUT2D eigenvalue weighted by Crippen LogP contribution is -2.27. The van der Waals surface area contributed by atoms with Crippen LogP contribution >= 0.6 is 23.4 Å². The molecule has 116 valence electrons. The molecule has 3 nitrogen and oxygen atoms in total. The highest BCUT2D eigenvalue weighted by Crippen LogP contribution is 2.34. The lowest BCUT2D eigenvalue weighted by atomic mass is 10.2. The number of hydrogen-bond donors (Lipinski definition) is 0. The molecule has 0 unspecified atom stereocenters. The fraction of sp³-hybridized carbons (Fsp3) is 0.0588. The molecule has 0 aromatic heterocycles. The van der Waals surface area contributed by atoms with E-state index >= 15 is 0 Å². The van der Waals surface area contributed by atoms with Gasteiger partial charge in [-0.2, -0.15) is 0 Å². The van der Waals surface area contributed by atoms with Crippen molar-refractivity contribution < 1.29 is 14.0 Å². The molecule has 1 aliphatic heterocycles. The van der Waals surface area contributed by atoms with Crippen molar-refractivity contribution in [1.82, 2.24) is 4.90 Å². The van der Waals surface area contributed by atoms with Gasteiger partial charge in [-0.25, -0.2) is 4.39 Å². The van der Waals surface area contributed by atoms with Crippen molar-refractivity contribution >= 4 is 40.6 Å². The van der Waals surface area contributed by atoms with Crippen LogP contribution in [0.4, 0.5) is 9.18 Å². The predicted molar refractivity (Wildman–Crippen MR) is 89.4 cm³/mol. The average Bonchev–Trinajstić information content (AvgIpc) is 2.78. The molecular formula is C17H11ClFNO2S. The summed E-state index contributed by atoms with van der Waals surface area (Å²) in [6, 6.07) is 13.2. The van der Waals surface area contributed by atoms with E-state index in [0.29, 0.717) is 10.5 Å². The molecule has 2 aromatic carbocycles. The van der Waals surface area contributed by atoms with Crippen molar-refractivity contribution in [2.45, 2.75) is 6.54 Å². The summed E-state index contributed by atoms with van der Waals surface area (Å²) in [5.41, 5.74) is 1.37. The Balaban J connectivity index is 1.83. The number of hydrogen-bond acceptors (Lipinski definition) is 3. The molecule has 3 rings (SSSR count). The Bertz CT molecular complexity index is 807. The molecule has 23 heavy (non-hydrogen) atoms. The Morgan fingerprint density at radius 3 is 2.57 bits per heavy atom. The van der Waals surface area contributed by atoms with Gasteiger partial charge >= 0.3 is 0 Å². The lowest BCUT2D eigenvalue weighted by molar-refractivity contribution is -0.123. The van der Waals surface area contributed by atoms with Crippen LogP contribution in [0.1, 0.15) is 11.1 Å². The zero-order chi connectivity index (χ0) is 16.4. The Hall–Kier alpha value is -2.11. The monoisotopic (exact) mass is 347 g/mol. The third-order valence-corrected chi connectivity index (χ3v) is 4.57. The first-order valence-electron chi connectivity index (χ1n) is 6.79. The van der Waals surface area contributed by atoms with Gasteiger partial charge in [0.05, 0.1) is 11.4 Å². The molecule has 0 atom stereocenters. The number of halogens is 2. The van der Waals surface area contributed by atoms with Crippen LogP contribution in [0.2, 0.25) is 5.02 Å². The summed E-state index contributed by atoms with van der Waals surface area (Å²) in [5.74, 6) is -0.832. The summed E-state index contributed by atoms with van der Waals surface area (Å²) in [6.45, 7) is 0.0237. The molecule has 1 aliphatic rings. The van der Waals surface area contributed by atoms with Crippen molar-refractivity contribution in [2.24, 2.45) is 0 Å². The largest absolute Gasteiger partial charge is 0.293 e. The first-order valence-corrected chi connectivity index (χ1v) is 7.98. The number of carbonyl (C=O) groups excluding carboxylic acids is 2. The van der Waals surface area contributed by atoms with Crippen molar-refractivity contribution in [2.75, 3.05) is 0 Å². The number of imide groups is 1. The standard InChI is InChI=1S/C17H11ClFNO2S/c18-14-9-13(19)7-6-12(14)10-20-16(21)15(23-17(20)22)8-11-4-2-1-3-5-11/h1-9H,10H2/b15-8+. The van der Waals surface area contributed by atoms with Gasteiger partial charge in [0.2, 0.25) is 0 Å². The zero-order valence-electron chi connectivity index (χ0n) is 11.8. The second kappa shape index (κ2) is 6.56. The van der Waals surface area contributed by atoms with Crippen LogP contribution in [0.3, 0.4) is 0 Å². The van der Waals surface area contributed by atoms with Crippen molar-refractivity contribution in [3.05, 3.63) is 75.4 Å². The first kappa shape index (κ1) is 15.8. The van der Waals surface area contributed by atoms with Gasteiger partial charge in [0.1, 0.15) is 5.82 Å². The Kier molecular flexibility index (Phi) is 4.50. The average molecular weight is 348 g/mol. The quantitative estimate of drug-likeness (QED) is 0.754. The van der Waals surface area contributed by atoms with Gasteiger partial charge in [-0.3, -0.25) is 14.5 Å². The minimum atomic E-state index is -0.461. The van der Waals surface area contributed by atoms with Gasteiger partial charge < -0.3 is 0 Å². The number of benzene rings is 2. The Morgan fingerprint density at radius 2 is 1.87 bits per heavy atom. The number of nitrogens with zero attached hydrogens (tertiary/aromatic N) is 1. The molecule has 1 saturated heterocycles. The first-order chi connectivity index (χ1) is 11.0. The van der Waals surface area contributed by atoms with Gasteiger partial charge in [-0.15, -0.1) is 0 Å². The molecule has 2 aromatic rings. The summed E-state index contributed by atoms with van der Waals surface area (Å²) < 4.78 is 13.1. The highest BCUT2D eigenvalue weighted by Gasteiger charge is 2.35. The molecule has 0 radical (unpaired) electrons. The van der Waals surface area contributed by atoms with Crippen LogP contribution in [-0.4, -0.2) is 16.0 Å². The third kappa shape index (κ3) is 3.46. The summed E-state index contributed by atoms with van der Waals surface area (Å²) in [7, 11) is 0. The van der Waals surface area contributed by atoms with Crippen LogP contribution in [0.15, 0.2) is 53.4 Å². The minimum absolute atomic E-state index is 0.0237. The predicted octanol–water partition coefficient (Wildman–Crippen LogP) is 4.72. The van der Waals surface area contributed by atoms with Crippen LogP contribution in [0.25, 0.3) is 6.08 Å². The fourth-order valence-corrected chi connectivity index (χ4v) is 3.22. The summed E-state index contributed by atoms with van der Waals surface area (Å²) in [5, 5.41) is -0.173. The van der Waals surface area contributed by atoms with Gasteiger partial charge in [0.25, 0.3) is 11.1 Å². The second-order valence-electron chi connectivity index (χ2n) is 4.91. The van der Waals surface area contributed by atoms with E-state index in [9.17, 15) is 14.0 Å². The topological polar surface area (TPSA) is 37.4 Å². The van der Waals surface area contributed by atoms with E-state index in [4.69, 9.17) is 11.6 Å². The van der Waals surface area contributed by atoms with Crippen LogP contribution in [-0.2, 0) is 11.3 Å². The molecule has 0 spiro atoms. The molecule has 0 aliphatic carbocycles. The fourth-order valence-electron chi connectivity index (χ4n) is 2.16. The highest BCUT2D eigenvalue weighted by molar-refractivity contribution is 8.18. The van der Waals surface area contributed by atoms with Crippen LogP contribution in [0, 0.1) is 5.82 Å². The smallest absolute Gasteiger partial charge is 0.268 e. The van der Waals surface area contributed by atoms with Gasteiger partial charge in [-0.05, 0) is 41.1 Å². The maximum Gasteiger partial charge on any atom is 0.293 e. The lowest BCUT2D eigenvalue weighted by Gasteiger charge is -2.13. The molecule has 2 amide bonds. The molecule has 1 heterocycles. The molecule has 6 heteroatoms. The number of amides is 2. The van der Waals surface area contributed by atoms with Crippen molar-refractivity contribution in [3.63, 3.8) is 0 Å². The maximum absolute atomic E-state index is 13.1. The minimum Gasteiger partial charge on any atom is -0.268 e. The van der Waals surface area contributed by atoms with Crippen molar-refractivity contribution in [3.8, 4) is 0 Å². The number of carbonyl (C=O) groups is 2. The maximum atomic E-state index is 13.1. The van der Waals surface area contributed by atoms with Gasteiger partial charge in [0, 0.05) is 5.02 Å². The van der Waals surface area contributed by atoms with E-state index < -0.39 is 5.82 Å². The van der Waals surface area contributed by atoms with Crippen molar-refractivity contribution in [1.29, 1.82) is 0 Å². The second-order valence-corrected chi connectivity index (χ2v) is 6.31. The summed E-state index contributed by atoms with van der Waals surface area (Å²) in [4.78, 5) is 25.9.